The summed E-state index contributed by atoms with van der Waals surface area (Å²) in [6.07, 6.45) is 0. The fraction of sp³-hybridized carbons (Fsp3) is 0.176. The average molecular weight is 346 g/mol. The number of anilines is 1. The van der Waals surface area contributed by atoms with E-state index < -0.39 is 0 Å². The zero-order chi connectivity index (χ0) is 14.8. The van der Waals surface area contributed by atoms with Crippen LogP contribution in [0.25, 0.3) is 11.0 Å². The molecule has 0 saturated carbocycles. The van der Waals surface area contributed by atoms with Gasteiger partial charge in [0.1, 0.15) is 5.76 Å². The van der Waals surface area contributed by atoms with Gasteiger partial charge in [-0.25, -0.2) is 0 Å². The number of halogens is 1. The second-order valence-electron chi connectivity index (χ2n) is 4.90. The van der Waals surface area contributed by atoms with Crippen molar-refractivity contribution in [1.82, 2.24) is 0 Å². The summed E-state index contributed by atoms with van der Waals surface area (Å²) in [7, 11) is 1.65. The van der Waals surface area contributed by atoms with E-state index in [1.807, 2.05) is 30.3 Å². The first kappa shape index (κ1) is 14.0. The highest BCUT2D eigenvalue weighted by atomic mass is 79.9. The molecule has 0 saturated heterocycles. The van der Waals surface area contributed by atoms with E-state index >= 15 is 0 Å². The van der Waals surface area contributed by atoms with Crippen LogP contribution in [0.3, 0.4) is 0 Å². The number of rotatable bonds is 4. The third-order valence-electron chi connectivity index (χ3n) is 3.42. The lowest BCUT2D eigenvalue weighted by Crippen LogP contribution is -1.99. The van der Waals surface area contributed by atoms with E-state index in [9.17, 15) is 0 Å². The lowest BCUT2D eigenvalue weighted by Gasteiger charge is -2.08. The van der Waals surface area contributed by atoms with Crippen LogP contribution in [0, 0.1) is 6.92 Å². The minimum Gasteiger partial charge on any atom is -0.493 e. The average Bonchev–Trinajstić information content (AvgIpc) is 2.89. The summed E-state index contributed by atoms with van der Waals surface area (Å²) in [5.74, 6) is 1.65. The molecule has 4 heteroatoms. The van der Waals surface area contributed by atoms with E-state index in [0.29, 0.717) is 6.54 Å². The zero-order valence-corrected chi connectivity index (χ0v) is 13.5. The Morgan fingerprint density at radius 2 is 2.05 bits per heavy atom. The Morgan fingerprint density at radius 1 is 1.19 bits per heavy atom. The summed E-state index contributed by atoms with van der Waals surface area (Å²) in [4.78, 5) is 0. The second-order valence-corrected chi connectivity index (χ2v) is 5.82. The van der Waals surface area contributed by atoms with Crippen molar-refractivity contribution >= 4 is 32.6 Å². The van der Waals surface area contributed by atoms with Crippen LogP contribution in [0.5, 0.6) is 5.75 Å². The highest BCUT2D eigenvalue weighted by molar-refractivity contribution is 9.10. The highest BCUT2D eigenvalue weighted by Crippen LogP contribution is 2.29. The summed E-state index contributed by atoms with van der Waals surface area (Å²) in [5, 5.41) is 4.45. The smallest absolute Gasteiger partial charge is 0.176 e. The maximum Gasteiger partial charge on any atom is 0.176 e. The van der Waals surface area contributed by atoms with E-state index in [1.54, 1.807) is 7.11 Å². The standard InChI is InChI=1S/C17H16BrNO2/c1-11-8-13(18)6-7-15(11)19-10-14-9-12-4-3-5-16(20-2)17(12)21-14/h3-9,19H,10H2,1-2H3. The molecule has 0 amide bonds. The van der Waals surface area contributed by atoms with Gasteiger partial charge in [0.25, 0.3) is 0 Å². The minimum absolute atomic E-state index is 0.639. The van der Waals surface area contributed by atoms with Gasteiger partial charge in [0.15, 0.2) is 11.3 Å². The number of benzene rings is 2. The molecule has 0 aliphatic heterocycles. The SMILES string of the molecule is COc1cccc2cc(CNc3ccc(Br)cc3C)oc12. The molecular formula is C17H16BrNO2. The Balaban J connectivity index is 1.82. The Labute approximate surface area is 132 Å². The zero-order valence-electron chi connectivity index (χ0n) is 11.9. The number of methoxy groups -OCH3 is 1. The Hall–Kier alpha value is -1.94. The molecule has 1 N–H and O–H groups in total. The van der Waals surface area contributed by atoms with Crippen LogP contribution in [0.4, 0.5) is 5.69 Å². The van der Waals surface area contributed by atoms with Gasteiger partial charge in [-0.1, -0.05) is 28.1 Å². The highest BCUT2D eigenvalue weighted by Gasteiger charge is 2.08. The molecule has 0 fully saturated rings. The third kappa shape index (κ3) is 2.90. The predicted molar refractivity (Wildman–Crippen MR) is 89.0 cm³/mol. The molecule has 0 atom stereocenters. The molecule has 0 unspecified atom stereocenters. The molecule has 0 radical (unpaired) electrons. The van der Waals surface area contributed by atoms with Crippen molar-refractivity contribution in [2.24, 2.45) is 0 Å². The number of nitrogens with one attached hydrogen (secondary N) is 1. The van der Waals surface area contributed by atoms with E-state index in [2.05, 4.69) is 40.3 Å². The first-order chi connectivity index (χ1) is 10.2. The van der Waals surface area contributed by atoms with Gasteiger partial charge in [-0.2, -0.15) is 0 Å². The van der Waals surface area contributed by atoms with Crippen LogP contribution in [-0.4, -0.2) is 7.11 Å². The number of aryl methyl sites for hydroxylation is 1. The fourth-order valence-electron chi connectivity index (χ4n) is 2.35. The summed E-state index contributed by atoms with van der Waals surface area (Å²) in [6.45, 7) is 2.72. The molecule has 21 heavy (non-hydrogen) atoms. The number of furan rings is 1. The summed E-state index contributed by atoms with van der Waals surface area (Å²) >= 11 is 3.47. The quantitative estimate of drug-likeness (QED) is 0.712. The van der Waals surface area contributed by atoms with Gasteiger partial charge in [-0.05, 0) is 42.8 Å². The lowest BCUT2D eigenvalue weighted by molar-refractivity contribution is 0.408. The number of hydrogen-bond donors (Lipinski definition) is 1. The number of ether oxygens (including phenoxy) is 1. The lowest BCUT2D eigenvalue weighted by atomic mass is 10.2. The van der Waals surface area contributed by atoms with Crippen molar-refractivity contribution < 1.29 is 9.15 Å². The second kappa shape index (κ2) is 5.82. The van der Waals surface area contributed by atoms with Crippen molar-refractivity contribution in [2.45, 2.75) is 13.5 Å². The molecule has 3 rings (SSSR count). The first-order valence-corrected chi connectivity index (χ1v) is 7.52. The monoisotopic (exact) mass is 345 g/mol. The Morgan fingerprint density at radius 3 is 2.81 bits per heavy atom. The van der Waals surface area contributed by atoms with Crippen molar-refractivity contribution in [2.75, 3.05) is 12.4 Å². The van der Waals surface area contributed by atoms with Gasteiger partial charge in [0, 0.05) is 15.5 Å². The molecule has 0 spiro atoms. The van der Waals surface area contributed by atoms with Crippen molar-refractivity contribution in [3.05, 3.63) is 58.3 Å². The van der Waals surface area contributed by atoms with Crippen LogP contribution in [0.15, 0.2) is 51.4 Å². The number of hydrogen-bond acceptors (Lipinski definition) is 3. The largest absolute Gasteiger partial charge is 0.493 e. The number of fused-ring (bicyclic) bond motifs is 1. The van der Waals surface area contributed by atoms with Crippen LogP contribution in [0.2, 0.25) is 0 Å². The maximum absolute atomic E-state index is 5.88. The van der Waals surface area contributed by atoms with Crippen molar-refractivity contribution in [1.29, 1.82) is 0 Å². The summed E-state index contributed by atoms with van der Waals surface area (Å²) in [5.41, 5.74) is 3.09. The first-order valence-electron chi connectivity index (χ1n) is 6.73. The molecule has 0 bridgehead atoms. The van der Waals surface area contributed by atoms with E-state index in [-0.39, 0.29) is 0 Å². The van der Waals surface area contributed by atoms with E-state index in [4.69, 9.17) is 9.15 Å². The molecule has 0 aliphatic carbocycles. The number of para-hydroxylation sites is 1. The van der Waals surface area contributed by atoms with Gasteiger partial charge < -0.3 is 14.5 Å². The molecule has 1 aromatic heterocycles. The molecule has 3 aromatic rings. The van der Waals surface area contributed by atoms with Gasteiger partial charge >= 0.3 is 0 Å². The summed E-state index contributed by atoms with van der Waals surface area (Å²) in [6, 6.07) is 14.1. The Kier molecular flexibility index (Phi) is 3.88. The van der Waals surface area contributed by atoms with E-state index in [0.717, 1.165) is 32.6 Å². The van der Waals surface area contributed by atoms with Gasteiger partial charge in [0.2, 0.25) is 0 Å². The van der Waals surface area contributed by atoms with Crippen LogP contribution < -0.4 is 10.1 Å². The topological polar surface area (TPSA) is 34.4 Å². The van der Waals surface area contributed by atoms with Crippen LogP contribution >= 0.6 is 15.9 Å². The molecule has 0 aliphatic rings. The normalized spacial score (nSPS) is 10.8. The van der Waals surface area contributed by atoms with Gasteiger partial charge in [0.05, 0.1) is 13.7 Å². The molecule has 108 valence electrons. The minimum atomic E-state index is 0.639. The van der Waals surface area contributed by atoms with Crippen molar-refractivity contribution in [3.63, 3.8) is 0 Å². The maximum atomic E-state index is 5.88. The Bertz CT molecular complexity index is 780. The molecular weight excluding hydrogens is 330 g/mol. The van der Waals surface area contributed by atoms with Gasteiger partial charge in [-0.3, -0.25) is 0 Å². The van der Waals surface area contributed by atoms with Gasteiger partial charge in [-0.15, -0.1) is 0 Å². The van der Waals surface area contributed by atoms with Crippen molar-refractivity contribution in [3.8, 4) is 5.75 Å². The fourth-order valence-corrected chi connectivity index (χ4v) is 2.82. The van der Waals surface area contributed by atoms with E-state index in [1.165, 1.54) is 5.56 Å². The summed E-state index contributed by atoms with van der Waals surface area (Å²) < 4.78 is 12.3. The molecule has 2 aromatic carbocycles. The van der Waals surface area contributed by atoms with Crippen LogP contribution in [0.1, 0.15) is 11.3 Å². The van der Waals surface area contributed by atoms with Crippen LogP contribution in [-0.2, 0) is 6.54 Å². The molecule has 3 nitrogen and oxygen atoms in total. The predicted octanol–water partition coefficient (Wildman–Crippen LogP) is 5.12. The third-order valence-corrected chi connectivity index (χ3v) is 3.91. The molecule has 1 heterocycles.